The van der Waals surface area contributed by atoms with Gasteiger partial charge in [0, 0.05) is 12.0 Å². The lowest BCUT2D eigenvalue weighted by Gasteiger charge is -2.12. The predicted octanol–water partition coefficient (Wildman–Crippen LogP) is 4.41. The van der Waals surface area contributed by atoms with Crippen molar-refractivity contribution in [1.29, 1.82) is 0 Å². The first-order chi connectivity index (χ1) is 9.06. The van der Waals surface area contributed by atoms with Crippen LogP contribution in [0.3, 0.4) is 0 Å². The highest BCUT2D eigenvalue weighted by Crippen LogP contribution is 2.32. The monoisotopic (exact) mass is 250 g/mol. The third-order valence-electron chi connectivity index (χ3n) is 3.99. The number of hydrogen-bond donors (Lipinski definition) is 0. The van der Waals surface area contributed by atoms with Crippen molar-refractivity contribution < 1.29 is 4.79 Å². The first-order valence-corrected chi connectivity index (χ1v) is 6.80. The number of benzene rings is 2. The molecule has 0 aromatic heterocycles. The first kappa shape index (κ1) is 12.2. The molecule has 1 aliphatic rings. The molecule has 0 fully saturated rings. The molecular formula is C18H18O. The summed E-state index contributed by atoms with van der Waals surface area (Å²) in [6, 6.07) is 10.7. The molecule has 0 radical (unpaired) electrons. The normalized spacial score (nSPS) is 13.7. The highest BCUT2D eigenvalue weighted by molar-refractivity contribution is 6.01. The van der Waals surface area contributed by atoms with Gasteiger partial charge < -0.3 is 0 Å². The maximum Gasteiger partial charge on any atom is 0.163 e. The van der Waals surface area contributed by atoms with E-state index in [0.29, 0.717) is 12.2 Å². The Morgan fingerprint density at radius 3 is 2.26 bits per heavy atom. The van der Waals surface area contributed by atoms with Gasteiger partial charge in [0.2, 0.25) is 0 Å². The highest BCUT2D eigenvalue weighted by atomic mass is 16.1. The zero-order chi connectivity index (χ0) is 13.6. The molecule has 0 spiro atoms. The van der Waals surface area contributed by atoms with Crippen molar-refractivity contribution in [2.75, 3.05) is 0 Å². The molecule has 96 valence electrons. The third kappa shape index (κ3) is 1.99. The van der Waals surface area contributed by atoms with Crippen LogP contribution in [0.4, 0.5) is 0 Å². The van der Waals surface area contributed by atoms with E-state index in [1.165, 1.54) is 33.4 Å². The zero-order valence-electron chi connectivity index (χ0n) is 11.7. The Hall–Kier alpha value is -1.89. The molecule has 0 saturated carbocycles. The molecular weight excluding hydrogens is 232 g/mol. The minimum absolute atomic E-state index is 0.291. The number of aryl methyl sites for hydroxylation is 4. The predicted molar refractivity (Wildman–Crippen MR) is 78.7 cm³/mol. The van der Waals surface area contributed by atoms with Gasteiger partial charge in [-0.25, -0.2) is 0 Å². The van der Waals surface area contributed by atoms with Gasteiger partial charge in [0.05, 0.1) is 0 Å². The van der Waals surface area contributed by atoms with E-state index in [2.05, 4.69) is 45.0 Å². The zero-order valence-corrected chi connectivity index (χ0v) is 11.7. The van der Waals surface area contributed by atoms with Crippen LogP contribution in [-0.2, 0) is 6.42 Å². The molecule has 0 N–H and O–H groups in total. The largest absolute Gasteiger partial charge is 0.294 e. The van der Waals surface area contributed by atoms with E-state index >= 15 is 0 Å². The molecule has 0 heterocycles. The van der Waals surface area contributed by atoms with Crippen molar-refractivity contribution in [1.82, 2.24) is 0 Å². The van der Waals surface area contributed by atoms with Gasteiger partial charge in [-0.15, -0.1) is 0 Å². The van der Waals surface area contributed by atoms with Gasteiger partial charge >= 0.3 is 0 Å². The minimum Gasteiger partial charge on any atom is -0.294 e. The molecule has 0 aliphatic heterocycles. The van der Waals surface area contributed by atoms with E-state index in [4.69, 9.17) is 0 Å². The van der Waals surface area contributed by atoms with Gasteiger partial charge in [-0.05, 0) is 55.0 Å². The molecule has 0 saturated heterocycles. The van der Waals surface area contributed by atoms with E-state index in [1.807, 2.05) is 6.07 Å². The van der Waals surface area contributed by atoms with Gasteiger partial charge in [-0.1, -0.05) is 35.9 Å². The number of hydrogen-bond acceptors (Lipinski definition) is 1. The van der Waals surface area contributed by atoms with Crippen molar-refractivity contribution >= 4 is 5.78 Å². The topological polar surface area (TPSA) is 17.1 Å². The number of Topliss-reactive ketones (excluding diaryl/α,β-unsaturated/α-hetero) is 1. The number of fused-ring (bicyclic) bond motifs is 1. The summed E-state index contributed by atoms with van der Waals surface area (Å²) in [5, 5.41) is 0. The Morgan fingerprint density at radius 2 is 1.58 bits per heavy atom. The molecule has 2 aromatic carbocycles. The van der Waals surface area contributed by atoms with Crippen molar-refractivity contribution in [2.24, 2.45) is 0 Å². The lowest BCUT2D eigenvalue weighted by atomic mass is 9.92. The Kier molecular flexibility index (Phi) is 2.78. The van der Waals surface area contributed by atoms with Gasteiger partial charge in [-0.3, -0.25) is 4.79 Å². The van der Waals surface area contributed by atoms with E-state index in [-0.39, 0.29) is 0 Å². The van der Waals surface area contributed by atoms with E-state index < -0.39 is 0 Å². The summed E-state index contributed by atoms with van der Waals surface area (Å²) in [7, 11) is 0. The van der Waals surface area contributed by atoms with E-state index in [9.17, 15) is 4.79 Å². The Balaban J connectivity index is 2.16. The van der Waals surface area contributed by atoms with Gasteiger partial charge in [0.15, 0.2) is 5.78 Å². The van der Waals surface area contributed by atoms with E-state index in [1.54, 1.807) is 0 Å². The molecule has 1 heteroatoms. The molecule has 3 rings (SSSR count). The van der Waals surface area contributed by atoms with Crippen molar-refractivity contribution in [3.05, 3.63) is 58.1 Å². The van der Waals surface area contributed by atoms with Crippen molar-refractivity contribution in [2.45, 2.75) is 33.6 Å². The van der Waals surface area contributed by atoms with Crippen LogP contribution in [0.15, 0.2) is 30.3 Å². The van der Waals surface area contributed by atoms with Gasteiger partial charge in [0.25, 0.3) is 0 Å². The summed E-state index contributed by atoms with van der Waals surface area (Å²) < 4.78 is 0. The van der Waals surface area contributed by atoms with Crippen LogP contribution in [-0.4, -0.2) is 5.78 Å². The van der Waals surface area contributed by atoms with Crippen LogP contribution in [0.5, 0.6) is 0 Å². The lowest BCUT2D eigenvalue weighted by Crippen LogP contribution is -1.93. The Bertz CT molecular complexity index is 657. The fraction of sp³-hybridized carbons (Fsp3) is 0.278. The fourth-order valence-electron chi connectivity index (χ4n) is 3.25. The molecule has 19 heavy (non-hydrogen) atoms. The molecule has 2 aromatic rings. The van der Waals surface area contributed by atoms with Crippen LogP contribution >= 0.6 is 0 Å². The number of ketones is 1. The molecule has 0 atom stereocenters. The van der Waals surface area contributed by atoms with Crippen LogP contribution in [0, 0.1) is 20.8 Å². The quantitative estimate of drug-likeness (QED) is 0.732. The number of carbonyl (C=O) groups excluding carboxylic acids is 1. The average Bonchev–Trinajstić information content (AvgIpc) is 2.69. The Morgan fingerprint density at radius 1 is 0.895 bits per heavy atom. The molecule has 1 nitrogen and oxygen atoms in total. The average molecular weight is 250 g/mol. The maximum absolute atomic E-state index is 11.7. The first-order valence-electron chi connectivity index (χ1n) is 6.80. The third-order valence-corrected chi connectivity index (χ3v) is 3.99. The highest BCUT2D eigenvalue weighted by Gasteiger charge is 2.20. The minimum atomic E-state index is 0.291. The molecule has 0 amide bonds. The summed E-state index contributed by atoms with van der Waals surface area (Å²) in [4.78, 5) is 11.7. The molecule has 0 unspecified atom stereocenters. The summed E-state index contributed by atoms with van der Waals surface area (Å²) in [5.41, 5.74) is 8.60. The smallest absolute Gasteiger partial charge is 0.163 e. The number of carbonyl (C=O) groups is 1. The fourth-order valence-corrected chi connectivity index (χ4v) is 3.25. The SMILES string of the molecule is Cc1cc(C)c(-c2ccc3c(c2)CCC3=O)c(C)c1. The van der Waals surface area contributed by atoms with Crippen molar-refractivity contribution in [3.63, 3.8) is 0 Å². The van der Waals surface area contributed by atoms with Crippen LogP contribution < -0.4 is 0 Å². The second-order valence-corrected chi connectivity index (χ2v) is 5.57. The second kappa shape index (κ2) is 4.34. The van der Waals surface area contributed by atoms with Crippen molar-refractivity contribution in [3.8, 4) is 11.1 Å². The summed E-state index contributed by atoms with van der Waals surface area (Å²) in [5.74, 6) is 0.291. The van der Waals surface area contributed by atoms with E-state index in [0.717, 1.165) is 12.0 Å². The standard InChI is InChI=1S/C18H18O/c1-11-8-12(2)18(13(3)9-11)15-4-6-16-14(10-15)5-7-17(16)19/h4,6,8-10H,5,7H2,1-3H3. The number of rotatable bonds is 1. The van der Waals surface area contributed by atoms with Crippen LogP contribution in [0.2, 0.25) is 0 Å². The summed E-state index contributed by atoms with van der Waals surface area (Å²) >= 11 is 0. The molecule has 0 bridgehead atoms. The van der Waals surface area contributed by atoms with Crippen LogP contribution in [0.25, 0.3) is 11.1 Å². The Labute approximate surface area is 114 Å². The maximum atomic E-state index is 11.7. The summed E-state index contributed by atoms with van der Waals surface area (Å²) in [6.45, 7) is 6.45. The second-order valence-electron chi connectivity index (χ2n) is 5.57. The van der Waals surface area contributed by atoms with Gasteiger partial charge in [0.1, 0.15) is 0 Å². The van der Waals surface area contributed by atoms with Crippen LogP contribution in [0.1, 0.15) is 39.0 Å². The summed E-state index contributed by atoms with van der Waals surface area (Å²) in [6.07, 6.45) is 1.57. The van der Waals surface area contributed by atoms with Gasteiger partial charge in [-0.2, -0.15) is 0 Å². The molecule has 1 aliphatic carbocycles. The lowest BCUT2D eigenvalue weighted by molar-refractivity contribution is 0.0994.